The number of benzene rings is 2. The Morgan fingerprint density at radius 2 is 2.07 bits per heavy atom. The summed E-state index contributed by atoms with van der Waals surface area (Å²) in [6.45, 7) is 0.433. The number of nitrogens with one attached hydrogen (secondary N) is 1. The fraction of sp³-hybridized carbons (Fsp3) is 0.211. The molecule has 0 saturated carbocycles. The van der Waals surface area contributed by atoms with E-state index in [2.05, 4.69) is 31.3 Å². The zero-order valence-corrected chi connectivity index (χ0v) is 16.1. The third kappa shape index (κ3) is 3.52. The van der Waals surface area contributed by atoms with Gasteiger partial charge >= 0.3 is 0 Å². The number of nitrogens with zero attached hydrogens (tertiary/aromatic N) is 3. The second-order valence-electron chi connectivity index (χ2n) is 6.10. The van der Waals surface area contributed by atoms with Crippen LogP contribution in [0.4, 0.5) is 5.95 Å². The molecule has 0 unspecified atom stereocenters. The van der Waals surface area contributed by atoms with Crippen molar-refractivity contribution >= 4 is 27.8 Å². The van der Waals surface area contributed by atoms with Crippen LogP contribution in [0.5, 0.6) is 11.5 Å². The van der Waals surface area contributed by atoms with Crippen LogP contribution in [0.3, 0.4) is 0 Å². The van der Waals surface area contributed by atoms with Gasteiger partial charge in [0, 0.05) is 4.47 Å². The van der Waals surface area contributed by atoms with E-state index < -0.39 is 0 Å². The van der Waals surface area contributed by atoms with E-state index in [4.69, 9.17) is 9.47 Å². The van der Waals surface area contributed by atoms with E-state index in [1.807, 2.05) is 42.5 Å². The minimum absolute atomic E-state index is 0.101. The third-order valence-corrected chi connectivity index (χ3v) is 5.06. The van der Waals surface area contributed by atoms with Gasteiger partial charge in [-0.3, -0.25) is 10.1 Å². The number of rotatable bonds is 5. The van der Waals surface area contributed by atoms with Crippen LogP contribution in [0.1, 0.15) is 23.6 Å². The molecule has 1 N–H and O–H groups in total. The first kappa shape index (κ1) is 17.5. The predicted octanol–water partition coefficient (Wildman–Crippen LogP) is 3.56. The van der Waals surface area contributed by atoms with Crippen LogP contribution >= 0.6 is 15.9 Å². The number of halogens is 1. The monoisotopic (exact) mass is 428 g/mol. The van der Waals surface area contributed by atoms with Gasteiger partial charge in [0.15, 0.2) is 11.5 Å². The van der Waals surface area contributed by atoms with E-state index in [9.17, 15) is 4.79 Å². The Bertz CT molecular complexity index is 974. The molecule has 1 aliphatic heterocycles. The Balaban J connectivity index is 1.65. The molecule has 4 rings (SSSR count). The highest BCUT2D eigenvalue weighted by molar-refractivity contribution is 9.10. The van der Waals surface area contributed by atoms with Crippen molar-refractivity contribution in [2.24, 2.45) is 0 Å². The minimum Gasteiger partial charge on any atom is -0.493 e. The molecule has 0 spiro atoms. The van der Waals surface area contributed by atoms with Gasteiger partial charge in [-0.25, -0.2) is 4.68 Å². The Hall–Kier alpha value is -2.87. The molecule has 0 aliphatic carbocycles. The number of carbonyl (C=O) groups is 1. The number of aromatic nitrogens is 3. The van der Waals surface area contributed by atoms with E-state index >= 15 is 0 Å². The zero-order valence-electron chi connectivity index (χ0n) is 14.6. The molecule has 0 radical (unpaired) electrons. The average Bonchev–Trinajstić information content (AvgIpc) is 3.15. The number of methoxy groups -OCH3 is 1. The van der Waals surface area contributed by atoms with E-state index in [-0.39, 0.29) is 18.4 Å². The highest BCUT2D eigenvalue weighted by Gasteiger charge is 2.30. The first-order valence-electron chi connectivity index (χ1n) is 8.39. The smallest absolute Gasteiger partial charge is 0.229 e. The number of carbonyl (C=O) groups excluding carboxylic acids is 1. The van der Waals surface area contributed by atoms with Gasteiger partial charge in [-0.2, -0.15) is 10.1 Å². The van der Waals surface area contributed by atoms with Crippen molar-refractivity contribution in [1.29, 1.82) is 0 Å². The molecule has 1 atom stereocenters. The van der Waals surface area contributed by atoms with Crippen LogP contribution in [0.25, 0.3) is 0 Å². The zero-order chi connectivity index (χ0) is 18.8. The molecule has 1 aromatic heterocycles. The molecule has 2 aromatic carbocycles. The quantitative estimate of drug-likeness (QED) is 0.671. The third-order valence-electron chi connectivity index (χ3n) is 4.38. The standard InChI is InChI=1S/C19H17BrN4O3/c1-26-16-7-13(15-9-18(25)23-19-21-11-22-24(15)19)14(20)8-17(16)27-10-12-5-3-2-4-6-12/h2-8,11,15H,9-10H2,1H3,(H,21,22,23,25)/t15-/m1/s1. The molecular weight excluding hydrogens is 412 g/mol. The molecule has 8 heteroatoms. The first-order valence-corrected chi connectivity index (χ1v) is 9.18. The van der Waals surface area contributed by atoms with Crippen LogP contribution in [-0.4, -0.2) is 27.8 Å². The number of hydrogen-bond acceptors (Lipinski definition) is 5. The van der Waals surface area contributed by atoms with Gasteiger partial charge in [-0.05, 0) is 23.3 Å². The lowest BCUT2D eigenvalue weighted by atomic mass is 10.0. The topological polar surface area (TPSA) is 78.3 Å². The van der Waals surface area contributed by atoms with Gasteiger partial charge in [-0.15, -0.1) is 0 Å². The van der Waals surface area contributed by atoms with Crippen molar-refractivity contribution in [2.75, 3.05) is 12.4 Å². The van der Waals surface area contributed by atoms with Crippen molar-refractivity contribution in [3.63, 3.8) is 0 Å². The first-order chi connectivity index (χ1) is 13.2. The highest BCUT2D eigenvalue weighted by atomic mass is 79.9. The van der Waals surface area contributed by atoms with Gasteiger partial charge < -0.3 is 9.47 Å². The van der Waals surface area contributed by atoms with Gasteiger partial charge in [-0.1, -0.05) is 46.3 Å². The predicted molar refractivity (Wildman–Crippen MR) is 103 cm³/mol. The summed E-state index contributed by atoms with van der Waals surface area (Å²) in [5, 5.41) is 6.96. The van der Waals surface area contributed by atoms with Crippen LogP contribution < -0.4 is 14.8 Å². The van der Waals surface area contributed by atoms with Crippen molar-refractivity contribution in [2.45, 2.75) is 19.1 Å². The molecule has 0 fully saturated rings. The van der Waals surface area contributed by atoms with Crippen molar-refractivity contribution in [1.82, 2.24) is 14.8 Å². The maximum Gasteiger partial charge on any atom is 0.229 e. The number of fused-ring (bicyclic) bond motifs is 1. The normalized spacial score (nSPS) is 15.8. The minimum atomic E-state index is -0.275. The maximum absolute atomic E-state index is 12.0. The number of hydrogen-bond donors (Lipinski definition) is 1. The van der Waals surface area contributed by atoms with E-state index in [0.717, 1.165) is 15.6 Å². The molecule has 27 heavy (non-hydrogen) atoms. The largest absolute Gasteiger partial charge is 0.493 e. The fourth-order valence-electron chi connectivity index (χ4n) is 3.06. The second kappa shape index (κ2) is 7.40. The van der Waals surface area contributed by atoms with Crippen LogP contribution in [0, 0.1) is 0 Å². The van der Waals surface area contributed by atoms with Crippen molar-refractivity contribution < 1.29 is 14.3 Å². The lowest BCUT2D eigenvalue weighted by Gasteiger charge is -2.25. The average molecular weight is 429 g/mol. The van der Waals surface area contributed by atoms with Crippen molar-refractivity contribution in [3.05, 3.63) is 64.4 Å². The molecule has 7 nitrogen and oxygen atoms in total. The van der Waals surface area contributed by atoms with Crippen LogP contribution in [-0.2, 0) is 11.4 Å². The summed E-state index contributed by atoms with van der Waals surface area (Å²) in [4.78, 5) is 16.1. The van der Waals surface area contributed by atoms with Gasteiger partial charge in [0.1, 0.15) is 12.9 Å². The Labute approximate surface area is 164 Å². The molecule has 1 amide bonds. The van der Waals surface area contributed by atoms with Gasteiger partial charge in [0.2, 0.25) is 11.9 Å². The molecule has 0 bridgehead atoms. The molecule has 3 aromatic rings. The number of amides is 1. The summed E-state index contributed by atoms with van der Waals surface area (Å²) in [5.74, 6) is 1.55. The van der Waals surface area contributed by atoms with Crippen molar-refractivity contribution in [3.8, 4) is 11.5 Å². The Morgan fingerprint density at radius 1 is 1.26 bits per heavy atom. The summed E-state index contributed by atoms with van der Waals surface area (Å²) < 4.78 is 14.0. The van der Waals surface area contributed by atoms with Crippen LogP contribution in [0.2, 0.25) is 0 Å². The van der Waals surface area contributed by atoms with E-state index in [1.54, 1.807) is 11.8 Å². The van der Waals surface area contributed by atoms with E-state index in [1.165, 1.54) is 6.33 Å². The lowest BCUT2D eigenvalue weighted by Crippen LogP contribution is -2.29. The Kier molecular flexibility index (Phi) is 4.81. The van der Waals surface area contributed by atoms with Crippen LogP contribution in [0.15, 0.2) is 53.3 Å². The molecule has 0 saturated heterocycles. The van der Waals surface area contributed by atoms with Gasteiger partial charge in [0.25, 0.3) is 0 Å². The Morgan fingerprint density at radius 3 is 2.85 bits per heavy atom. The van der Waals surface area contributed by atoms with E-state index in [0.29, 0.717) is 24.1 Å². The number of ether oxygens (including phenoxy) is 2. The summed E-state index contributed by atoms with van der Waals surface area (Å²) in [6, 6.07) is 13.4. The highest BCUT2D eigenvalue weighted by Crippen LogP contribution is 2.40. The van der Waals surface area contributed by atoms with Gasteiger partial charge in [0.05, 0.1) is 19.6 Å². The molecular formula is C19H17BrN4O3. The lowest BCUT2D eigenvalue weighted by molar-refractivity contribution is -0.117. The molecule has 2 heterocycles. The maximum atomic E-state index is 12.0. The summed E-state index contributed by atoms with van der Waals surface area (Å²) in [6.07, 6.45) is 1.69. The molecule has 1 aliphatic rings. The summed E-state index contributed by atoms with van der Waals surface area (Å²) >= 11 is 3.60. The fourth-order valence-corrected chi connectivity index (χ4v) is 3.65. The SMILES string of the molecule is COc1cc([C@H]2CC(=O)Nc3ncnn32)c(Br)cc1OCc1ccccc1. The second-order valence-corrected chi connectivity index (χ2v) is 6.95. The summed E-state index contributed by atoms with van der Waals surface area (Å²) in [5.41, 5.74) is 1.94. The number of anilines is 1. The summed E-state index contributed by atoms with van der Waals surface area (Å²) in [7, 11) is 1.59. The molecule has 138 valence electrons.